The summed E-state index contributed by atoms with van der Waals surface area (Å²) in [4.78, 5) is 25.3. The van der Waals surface area contributed by atoms with E-state index in [1.165, 1.54) is 5.56 Å². The molecular weight excluding hydrogens is 400 g/mol. The summed E-state index contributed by atoms with van der Waals surface area (Å²) < 4.78 is 11.0. The van der Waals surface area contributed by atoms with Crippen LogP contribution >= 0.6 is 0 Å². The van der Waals surface area contributed by atoms with Gasteiger partial charge >= 0.3 is 11.9 Å². The van der Waals surface area contributed by atoms with Crippen molar-refractivity contribution in [1.82, 2.24) is 0 Å². The summed E-state index contributed by atoms with van der Waals surface area (Å²) in [6.07, 6.45) is 9.90. The molecule has 3 rings (SSSR count). The number of ether oxygens (including phenoxy) is 2. The molecule has 0 aromatic heterocycles. The minimum Gasteiger partial charge on any atom is -0.461 e. The highest BCUT2D eigenvalue weighted by atomic mass is 16.6. The molecule has 2 unspecified atom stereocenters. The molecule has 0 fully saturated rings. The zero-order chi connectivity index (χ0) is 23.0. The SMILES string of the molecule is CC(C)(C)OC(=O)CC(Cc1ccc(C2C=CC=CC2)cc1)C(=O)OCc1ccccc1. The summed E-state index contributed by atoms with van der Waals surface area (Å²) in [7, 11) is 0. The first-order valence-corrected chi connectivity index (χ1v) is 11.1. The Labute approximate surface area is 190 Å². The molecule has 1 aliphatic rings. The maximum atomic E-state index is 12.9. The second-order valence-corrected chi connectivity index (χ2v) is 9.18. The van der Waals surface area contributed by atoms with Crippen LogP contribution in [0.4, 0.5) is 0 Å². The van der Waals surface area contributed by atoms with Crippen molar-refractivity contribution in [3.05, 3.63) is 95.6 Å². The molecule has 32 heavy (non-hydrogen) atoms. The van der Waals surface area contributed by atoms with Gasteiger partial charge in [0.05, 0.1) is 12.3 Å². The van der Waals surface area contributed by atoms with Crippen LogP contribution in [0.15, 0.2) is 78.9 Å². The van der Waals surface area contributed by atoms with Crippen LogP contribution in [0.3, 0.4) is 0 Å². The van der Waals surface area contributed by atoms with Crippen LogP contribution in [0.5, 0.6) is 0 Å². The largest absolute Gasteiger partial charge is 0.461 e. The standard InChI is InChI=1S/C28H32O4/c1-28(2,3)32-26(29)19-25(27(30)31-20-22-10-6-4-7-11-22)18-21-14-16-24(17-15-21)23-12-8-5-9-13-23/h4-12,14-17,23,25H,13,18-20H2,1-3H3. The first-order chi connectivity index (χ1) is 15.3. The van der Waals surface area contributed by atoms with Crippen molar-refractivity contribution in [3.63, 3.8) is 0 Å². The highest BCUT2D eigenvalue weighted by Gasteiger charge is 2.27. The Morgan fingerprint density at radius 3 is 2.31 bits per heavy atom. The lowest BCUT2D eigenvalue weighted by Crippen LogP contribution is -2.29. The van der Waals surface area contributed by atoms with Crippen LogP contribution in [-0.2, 0) is 32.1 Å². The van der Waals surface area contributed by atoms with Gasteiger partial charge in [-0.1, -0.05) is 78.9 Å². The summed E-state index contributed by atoms with van der Waals surface area (Å²) in [5.74, 6) is -1.00. The van der Waals surface area contributed by atoms with Gasteiger partial charge in [0.15, 0.2) is 0 Å². The van der Waals surface area contributed by atoms with Gasteiger partial charge < -0.3 is 9.47 Å². The molecule has 0 aliphatic heterocycles. The Bertz CT molecular complexity index is 949. The normalized spacial score (nSPS) is 16.4. The minimum absolute atomic E-state index is 0.0111. The molecule has 0 N–H and O–H groups in total. The Hall–Kier alpha value is -3.14. The lowest BCUT2D eigenvalue weighted by molar-refractivity contribution is -0.162. The molecule has 0 saturated carbocycles. The van der Waals surface area contributed by atoms with Crippen LogP contribution in [0.1, 0.15) is 56.2 Å². The second-order valence-electron chi connectivity index (χ2n) is 9.18. The fourth-order valence-electron chi connectivity index (χ4n) is 3.68. The maximum absolute atomic E-state index is 12.9. The summed E-state index contributed by atoms with van der Waals surface area (Å²) in [5, 5.41) is 0. The Balaban J connectivity index is 1.67. The number of carbonyl (C=O) groups is 2. The molecule has 1 aliphatic carbocycles. The van der Waals surface area contributed by atoms with Gasteiger partial charge in [-0.05, 0) is 50.3 Å². The average molecular weight is 433 g/mol. The molecule has 2 atom stereocenters. The van der Waals surface area contributed by atoms with Crippen molar-refractivity contribution >= 4 is 11.9 Å². The minimum atomic E-state index is -0.600. The Morgan fingerprint density at radius 2 is 1.69 bits per heavy atom. The molecule has 4 nitrogen and oxygen atoms in total. The van der Waals surface area contributed by atoms with E-state index in [4.69, 9.17) is 9.47 Å². The number of rotatable bonds is 8. The molecular formula is C28H32O4. The van der Waals surface area contributed by atoms with Crippen LogP contribution in [0.2, 0.25) is 0 Å². The van der Waals surface area contributed by atoms with E-state index in [-0.39, 0.29) is 19.0 Å². The predicted molar refractivity (Wildman–Crippen MR) is 126 cm³/mol. The molecule has 2 aromatic rings. The van der Waals surface area contributed by atoms with Crippen molar-refractivity contribution in [3.8, 4) is 0 Å². The summed E-state index contributed by atoms with van der Waals surface area (Å²) in [5.41, 5.74) is 2.55. The zero-order valence-electron chi connectivity index (χ0n) is 19.1. The van der Waals surface area contributed by atoms with Crippen LogP contribution < -0.4 is 0 Å². The average Bonchev–Trinajstić information content (AvgIpc) is 2.77. The highest BCUT2D eigenvalue weighted by molar-refractivity contribution is 5.80. The molecule has 2 aromatic carbocycles. The smallest absolute Gasteiger partial charge is 0.310 e. The number of allylic oxidation sites excluding steroid dienone is 4. The van der Waals surface area contributed by atoms with E-state index in [1.807, 2.05) is 63.2 Å². The quantitative estimate of drug-likeness (QED) is 0.486. The lowest BCUT2D eigenvalue weighted by Gasteiger charge is -2.22. The van der Waals surface area contributed by atoms with E-state index < -0.39 is 17.5 Å². The van der Waals surface area contributed by atoms with E-state index in [9.17, 15) is 9.59 Å². The summed E-state index contributed by atoms with van der Waals surface area (Å²) in [6.45, 7) is 5.65. The molecule has 0 heterocycles. The summed E-state index contributed by atoms with van der Waals surface area (Å²) in [6, 6.07) is 17.8. The topological polar surface area (TPSA) is 52.6 Å². The zero-order valence-corrected chi connectivity index (χ0v) is 19.1. The fraction of sp³-hybridized carbons (Fsp3) is 0.357. The Kier molecular flexibility index (Phi) is 8.04. The third-order valence-electron chi connectivity index (χ3n) is 5.26. The van der Waals surface area contributed by atoms with E-state index in [0.29, 0.717) is 12.3 Å². The van der Waals surface area contributed by atoms with Crippen molar-refractivity contribution in [1.29, 1.82) is 0 Å². The van der Waals surface area contributed by atoms with E-state index >= 15 is 0 Å². The van der Waals surface area contributed by atoms with Gasteiger partial charge in [-0.3, -0.25) is 9.59 Å². The third-order valence-corrected chi connectivity index (χ3v) is 5.26. The van der Waals surface area contributed by atoms with Crippen molar-refractivity contribution in [2.24, 2.45) is 5.92 Å². The maximum Gasteiger partial charge on any atom is 0.310 e. The van der Waals surface area contributed by atoms with Gasteiger partial charge in [0, 0.05) is 5.92 Å². The molecule has 0 spiro atoms. The van der Waals surface area contributed by atoms with E-state index in [0.717, 1.165) is 17.5 Å². The fourth-order valence-corrected chi connectivity index (χ4v) is 3.68. The number of esters is 2. The number of carbonyl (C=O) groups excluding carboxylic acids is 2. The van der Waals surface area contributed by atoms with Crippen LogP contribution in [0, 0.1) is 5.92 Å². The summed E-state index contributed by atoms with van der Waals surface area (Å²) >= 11 is 0. The number of hydrogen-bond acceptors (Lipinski definition) is 4. The number of benzene rings is 2. The first kappa shape index (κ1) is 23.5. The Morgan fingerprint density at radius 1 is 0.969 bits per heavy atom. The molecule has 168 valence electrons. The van der Waals surface area contributed by atoms with Gasteiger partial charge in [0.2, 0.25) is 0 Å². The molecule has 0 amide bonds. The van der Waals surface area contributed by atoms with Gasteiger partial charge in [-0.25, -0.2) is 0 Å². The first-order valence-electron chi connectivity index (χ1n) is 11.1. The van der Waals surface area contributed by atoms with Crippen molar-refractivity contribution in [2.75, 3.05) is 0 Å². The monoisotopic (exact) mass is 432 g/mol. The van der Waals surface area contributed by atoms with E-state index in [1.54, 1.807) is 0 Å². The molecule has 4 heteroatoms. The highest BCUT2D eigenvalue weighted by Crippen LogP contribution is 2.26. The number of hydrogen-bond donors (Lipinski definition) is 0. The molecule has 0 radical (unpaired) electrons. The van der Waals surface area contributed by atoms with E-state index in [2.05, 4.69) is 36.4 Å². The van der Waals surface area contributed by atoms with Crippen molar-refractivity contribution < 1.29 is 19.1 Å². The second kappa shape index (κ2) is 10.9. The van der Waals surface area contributed by atoms with Gasteiger partial charge in [0.1, 0.15) is 12.2 Å². The van der Waals surface area contributed by atoms with Gasteiger partial charge in [-0.2, -0.15) is 0 Å². The third kappa shape index (κ3) is 7.52. The lowest BCUT2D eigenvalue weighted by atomic mass is 9.90. The van der Waals surface area contributed by atoms with Gasteiger partial charge in [0.25, 0.3) is 0 Å². The van der Waals surface area contributed by atoms with Crippen LogP contribution in [0.25, 0.3) is 0 Å². The molecule has 0 saturated heterocycles. The molecule has 0 bridgehead atoms. The van der Waals surface area contributed by atoms with Crippen LogP contribution in [-0.4, -0.2) is 17.5 Å². The predicted octanol–water partition coefficient (Wildman–Crippen LogP) is 5.92. The van der Waals surface area contributed by atoms with Gasteiger partial charge in [-0.15, -0.1) is 0 Å². The van der Waals surface area contributed by atoms with Crippen molar-refractivity contribution in [2.45, 2.75) is 58.2 Å².